The Labute approximate surface area is 148 Å². The number of nitro benzene ring substituents is 1. The maximum atomic E-state index is 12.4. The highest BCUT2D eigenvalue weighted by molar-refractivity contribution is 5.94. The number of halogens is 1. The summed E-state index contributed by atoms with van der Waals surface area (Å²) in [6, 6.07) is 5.70. The maximum absolute atomic E-state index is 12.4. The van der Waals surface area contributed by atoms with Gasteiger partial charge in [-0.05, 0) is 30.9 Å². The van der Waals surface area contributed by atoms with E-state index in [9.17, 15) is 14.9 Å². The van der Waals surface area contributed by atoms with E-state index in [-0.39, 0.29) is 41.5 Å². The third-order valence-electron chi connectivity index (χ3n) is 4.61. The van der Waals surface area contributed by atoms with Gasteiger partial charge in [0.05, 0.1) is 11.0 Å². The van der Waals surface area contributed by atoms with Crippen molar-refractivity contribution in [3.05, 3.63) is 34.4 Å². The number of likely N-dealkylation sites (tertiary alicyclic amines) is 1. The Balaban J connectivity index is 0.00000288. The Hall–Kier alpha value is -1.70. The van der Waals surface area contributed by atoms with Crippen molar-refractivity contribution in [3.8, 4) is 0 Å². The molecule has 0 radical (unpaired) electrons. The van der Waals surface area contributed by atoms with E-state index < -0.39 is 4.92 Å². The first-order chi connectivity index (χ1) is 10.7. The minimum atomic E-state index is -0.465. The van der Waals surface area contributed by atoms with Crippen LogP contribution in [-0.4, -0.2) is 40.9 Å². The first-order valence-corrected chi connectivity index (χ1v) is 7.75. The Kier molecular flexibility index (Phi) is 6.71. The molecule has 0 bridgehead atoms. The molecule has 0 saturated carbocycles. The Morgan fingerprint density at radius 3 is 2.50 bits per heavy atom. The van der Waals surface area contributed by atoms with Gasteiger partial charge >= 0.3 is 0 Å². The standard InChI is InChI=1S/C16H24N4O3.ClH/c1-11(19-9-8-14(17)16(2,3)10-19)15(21)18-12-4-6-13(7-5-12)20(22)23;/h4-7,11,14H,8-10,17H2,1-3H3,(H,18,21);1H. The second kappa shape index (κ2) is 7.92. The average molecular weight is 357 g/mol. The first kappa shape index (κ1) is 20.3. The van der Waals surface area contributed by atoms with Crippen molar-refractivity contribution in [2.45, 2.75) is 39.3 Å². The fourth-order valence-corrected chi connectivity index (χ4v) is 2.82. The number of nitrogens with one attached hydrogen (secondary N) is 1. The van der Waals surface area contributed by atoms with Crippen LogP contribution in [0.5, 0.6) is 0 Å². The fourth-order valence-electron chi connectivity index (χ4n) is 2.82. The number of nitrogens with two attached hydrogens (primary N) is 1. The zero-order valence-corrected chi connectivity index (χ0v) is 15.0. The van der Waals surface area contributed by atoms with E-state index in [1.54, 1.807) is 12.1 Å². The highest BCUT2D eigenvalue weighted by Crippen LogP contribution is 2.29. The molecule has 0 aliphatic carbocycles. The normalized spacial score (nSPS) is 21.4. The van der Waals surface area contributed by atoms with Crippen LogP contribution in [0, 0.1) is 15.5 Å². The molecule has 3 N–H and O–H groups in total. The van der Waals surface area contributed by atoms with Crippen LogP contribution in [-0.2, 0) is 4.79 Å². The number of rotatable bonds is 4. The lowest BCUT2D eigenvalue weighted by atomic mass is 9.79. The van der Waals surface area contributed by atoms with Crippen molar-refractivity contribution in [2.24, 2.45) is 11.1 Å². The van der Waals surface area contributed by atoms with Gasteiger partial charge in [-0.25, -0.2) is 0 Å². The molecule has 0 aromatic heterocycles. The number of hydrogen-bond donors (Lipinski definition) is 2. The van der Waals surface area contributed by atoms with E-state index >= 15 is 0 Å². The predicted octanol–water partition coefficient (Wildman–Crippen LogP) is 2.40. The summed E-state index contributed by atoms with van der Waals surface area (Å²) in [6.07, 6.45) is 0.863. The molecule has 1 aromatic rings. The van der Waals surface area contributed by atoms with Crippen molar-refractivity contribution in [3.63, 3.8) is 0 Å². The molecule has 0 spiro atoms. The zero-order chi connectivity index (χ0) is 17.2. The molecular formula is C16H25ClN4O3. The van der Waals surface area contributed by atoms with Crippen molar-refractivity contribution >= 4 is 29.7 Å². The van der Waals surface area contributed by atoms with Gasteiger partial charge in [-0.2, -0.15) is 0 Å². The SMILES string of the molecule is CC(C(=O)Nc1ccc([N+](=O)[O-])cc1)N1CCC(N)C(C)(C)C1.Cl. The summed E-state index contributed by atoms with van der Waals surface area (Å²) < 4.78 is 0. The fraction of sp³-hybridized carbons (Fsp3) is 0.562. The van der Waals surface area contributed by atoms with Crippen molar-refractivity contribution in [2.75, 3.05) is 18.4 Å². The summed E-state index contributed by atoms with van der Waals surface area (Å²) in [5.74, 6) is -0.120. The van der Waals surface area contributed by atoms with Crippen molar-refractivity contribution < 1.29 is 9.72 Å². The molecule has 7 nitrogen and oxygen atoms in total. The largest absolute Gasteiger partial charge is 0.327 e. The molecular weight excluding hydrogens is 332 g/mol. The van der Waals surface area contributed by atoms with Crippen molar-refractivity contribution in [1.82, 2.24) is 4.90 Å². The number of non-ortho nitro benzene ring substituents is 1. The van der Waals surface area contributed by atoms with Crippen LogP contribution < -0.4 is 11.1 Å². The maximum Gasteiger partial charge on any atom is 0.269 e. The first-order valence-electron chi connectivity index (χ1n) is 7.75. The summed E-state index contributed by atoms with van der Waals surface area (Å²) in [7, 11) is 0. The molecule has 2 unspecified atom stereocenters. The van der Waals surface area contributed by atoms with E-state index in [4.69, 9.17) is 5.73 Å². The summed E-state index contributed by atoms with van der Waals surface area (Å²) in [5.41, 5.74) is 6.66. The van der Waals surface area contributed by atoms with Gasteiger partial charge in [0.2, 0.25) is 5.91 Å². The van der Waals surface area contributed by atoms with Gasteiger partial charge in [0.15, 0.2) is 0 Å². The van der Waals surface area contributed by atoms with E-state index in [0.29, 0.717) is 5.69 Å². The van der Waals surface area contributed by atoms with E-state index in [0.717, 1.165) is 19.5 Å². The molecule has 2 atom stereocenters. The minimum Gasteiger partial charge on any atom is -0.327 e. The molecule has 2 rings (SSSR count). The highest BCUT2D eigenvalue weighted by Gasteiger charge is 2.36. The Morgan fingerprint density at radius 1 is 1.42 bits per heavy atom. The number of piperidine rings is 1. The van der Waals surface area contributed by atoms with Gasteiger partial charge in [0.1, 0.15) is 0 Å². The molecule has 8 heteroatoms. The highest BCUT2D eigenvalue weighted by atomic mass is 35.5. The van der Waals surface area contributed by atoms with E-state index in [1.807, 2.05) is 6.92 Å². The van der Waals surface area contributed by atoms with Crippen LogP contribution >= 0.6 is 12.4 Å². The molecule has 1 fully saturated rings. The predicted molar refractivity (Wildman–Crippen MR) is 96.4 cm³/mol. The molecule has 1 heterocycles. The average Bonchev–Trinajstić information content (AvgIpc) is 2.49. The number of carbonyl (C=O) groups is 1. The lowest BCUT2D eigenvalue weighted by Gasteiger charge is -2.44. The van der Waals surface area contributed by atoms with Gasteiger partial charge in [-0.3, -0.25) is 19.8 Å². The van der Waals surface area contributed by atoms with Crippen LogP contribution in [0.4, 0.5) is 11.4 Å². The van der Waals surface area contributed by atoms with Crippen molar-refractivity contribution in [1.29, 1.82) is 0 Å². The van der Waals surface area contributed by atoms with Crippen LogP contribution in [0.2, 0.25) is 0 Å². The lowest BCUT2D eigenvalue weighted by Crippen LogP contribution is -2.56. The van der Waals surface area contributed by atoms with Gasteiger partial charge in [0.25, 0.3) is 5.69 Å². The topological polar surface area (TPSA) is 101 Å². The molecule has 1 amide bonds. The number of carbonyl (C=O) groups excluding carboxylic acids is 1. The third-order valence-corrected chi connectivity index (χ3v) is 4.61. The summed E-state index contributed by atoms with van der Waals surface area (Å²) in [4.78, 5) is 24.7. The Bertz CT molecular complexity index is 591. The second-order valence-corrected chi connectivity index (χ2v) is 6.82. The van der Waals surface area contributed by atoms with Crippen LogP contribution in [0.1, 0.15) is 27.2 Å². The zero-order valence-electron chi connectivity index (χ0n) is 14.2. The number of amides is 1. The van der Waals surface area contributed by atoms with Crippen LogP contribution in [0.15, 0.2) is 24.3 Å². The van der Waals surface area contributed by atoms with Crippen LogP contribution in [0.3, 0.4) is 0 Å². The smallest absolute Gasteiger partial charge is 0.269 e. The summed E-state index contributed by atoms with van der Waals surface area (Å²) in [6.45, 7) is 7.66. The van der Waals surface area contributed by atoms with E-state index in [1.165, 1.54) is 12.1 Å². The van der Waals surface area contributed by atoms with Gasteiger partial charge in [-0.1, -0.05) is 13.8 Å². The van der Waals surface area contributed by atoms with Gasteiger partial charge in [-0.15, -0.1) is 12.4 Å². The number of nitrogens with zero attached hydrogens (tertiary/aromatic N) is 2. The third kappa shape index (κ3) is 4.66. The number of hydrogen-bond acceptors (Lipinski definition) is 5. The van der Waals surface area contributed by atoms with E-state index in [2.05, 4.69) is 24.1 Å². The quantitative estimate of drug-likeness (QED) is 0.637. The minimum absolute atomic E-state index is 0. The monoisotopic (exact) mass is 356 g/mol. The number of nitro groups is 1. The number of benzene rings is 1. The Morgan fingerprint density at radius 2 is 2.00 bits per heavy atom. The molecule has 1 aliphatic heterocycles. The number of anilines is 1. The van der Waals surface area contributed by atoms with Gasteiger partial charge < -0.3 is 11.1 Å². The molecule has 1 aromatic carbocycles. The lowest BCUT2D eigenvalue weighted by molar-refractivity contribution is -0.384. The van der Waals surface area contributed by atoms with Gasteiger partial charge in [0, 0.05) is 37.0 Å². The second-order valence-electron chi connectivity index (χ2n) is 6.82. The molecule has 1 saturated heterocycles. The summed E-state index contributed by atoms with van der Waals surface area (Å²) in [5, 5.41) is 13.4. The molecule has 1 aliphatic rings. The van der Waals surface area contributed by atoms with Crippen LogP contribution in [0.25, 0.3) is 0 Å². The summed E-state index contributed by atoms with van der Waals surface area (Å²) >= 11 is 0. The molecule has 24 heavy (non-hydrogen) atoms. The molecule has 134 valence electrons.